The van der Waals surface area contributed by atoms with Crippen LogP contribution in [-0.2, 0) is 25.7 Å². The fraction of sp³-hybridized carbons (Fsp3) is 0.375. The molecule has 3 rings (SSSR count). The number of hydrogen-bond acceptors (Lipinski definition) is 4. The lowest BCUT2D eigenvalue weighted by Gasteiger charge is -2.27. The molecule has 2 heterocycles. The lowest BCUT2D eigenvalue weighted by Crippen LogP contribution is -2.36. The van der Waals surface area contributed by atoms with Gasteiger partial charge in [-0.05, 0) is 24.0 Å². The largest absolute Gasteiger partial charge is 0.449 e. The highest BCUT2D eigenvalue weighted by Crippen LogP contribution is 2.27. The van der Waals surface area contributed by atoms with Crippen molar-refractivity contribution in [1.82, 2.24) is 14.9 Å². The van der Waals surface area contributed by atoms with Crippen LogP contribution < -0.4 is 5.56 Å². The number of rotatable bonds is 3. The molecule has 0 bridgehead atoms. The van der Waals surface area contributed by atoms with Gasteiger partial charge >= 0.3 is 6.18 Å². The van der Waals surface area contributed by atoms with E-state index in [1.807, 2.05) is 40.4 Å². The fourth-order valence-corrected chi connectivity index (χ4v) is 3.15. The molecule has 0 fully saturated rings. The Kier molecular flexibility index (Phi) is 4.69. The van der Waals surface area contributed by atoms with Crippen molar-refractivity contribution in [1.29, 1.82) is 0 Å². The molecule has 1 aliphatic rings. The van der Waals surface area contributed by atoms with Gasteiger partial charge in [-0.25, -0.2) is 4.98 Å². The maximum absolute atomic E-state index is 12.7. The molecule has 1 N–H and O–H groups in total. The Hall–Kier alpha value is -1.80. The molecule has 24 heavy (non-hydrogen) atoms. The first-order chi connectivity index (χ1) is 11.4. The van der Waals surface area contributed by atoms with E-state index in [0.717, 1.165) is 5.56 Å². The summed E-state index contributed by atoms with van der Waals surface area (Å²) in [4.78, 5) is 20.7. The third-order valence-electron chi connectivity index (χ3n) is 3.98. The van der Waals surface area contributed by atoms with Gasteiger partial charge in [0.1, 0.15) is 0 Å². The summed E-state index contributed by atoms with van der Waals surface area (Å²) in [5.41, 5.74) is 0.984. The van der Waals surface area contributed by atoms with Crippen LogP contribution in [0.15, 0.2) is 34.0 Å². The predicted octanol–water partition coefficient (Wildman–Crippen LogP) is 3.07. The van der Waals surface area contributed by atoms with Gasteiger partial charge in [-0.2, -0.15) is 13.2 Å². The summed E-state index contributed by atoms with van der Waals surface area (Å²) in [6.45, 7) is 1.53. The number of halogens is 3. The summed E-state index contributed by atoms with van der Waals surface area (Å²) in [7, 11) is 0. The minimum absolute atomic E-state index is 0.250. The summed E-state index contributed by atoms with van der Waals surface area (Å²) in [5, 5.41) is 0. The van der Waals surface area contributed by atoms with Gasteiger partial charge < -0.3 is 4.98 Å². The van der Waals surface area contributed by atoms with Crippen LogP contribution in [0.3, 0.4) is 0 Å². The maximum Gasteiger partial charge on any atom is 0.449 e. The Labute approximate surface area is 141 Å². The number of aromatic amines is 1. The number of thioether (sulfide) groups is 1. The lowest BCUT2D eigenvalue weighted by molar-refractivity contribution is -0.145. The van der Waals surface area contributed by atoms with Gasteiger partial charge in [0.05, 0.1) is 11.3 Å². The molecule has 128 valence electrons. The number of benzene rings is 1. The van der Waals surface area contributed by atoms with Crippen molar-refractivity contribution in [3.63, 3.8) is 0 Å². The van der Waals surface area contributed by atoms with Crippen LogP contribution in [0.4, 0.5) is 13.2 Å². The minimum Gasteiger partial charge on any atom is -0.303 e. The summed E-state index contributed by atoms with van der Waals surface area (Å²) < 4.78 is 38.2. The van der Waals surface area contributed by atoms with Crippen LogP contribution in [0.1, 0.15) is 22.6 Å². The van der Waals surface area contributed by atoms with Crippen molar-refractivity contribution >= 4 is 11.8 Å². The van der Waals surface area contributed by atoms with Gasteiger partial charge in [-0.3, -0.25) is 9.69 Å². The Balaban J connectivity index is 1.78. The van der Waals surface area contributed by atoms with Crippen molar-refractivity contribution in [2.75, 3.05) is 12.8 Å². The average molecular weight is 355 g/mol. The van der Waals surface area contributed by atoms with Gasteiger partial charge in [0, 0.05) is 31.0 Å². The molecule has 1 aromatic heterocycles. The van der Waals surface area contributed by atoms with E-state index in [0.29, 0.717) is 31.6 Å². The average Bonchev–Trinajstić information content (AvgIpc) is 2.55. The molecule has 0 atom stereocenters. The molecule has 8 heteroatoms. The van der Waals surface area contributed by atoms with Crippen molar-refractivity contribution in [2.45, 2.75) is 30.6 Å². The molecule has 1 aliphatic heterocycles. The molecule has 0 saturated heterocycles. The summed E-state index contributed by atoms with van der Waals surface area (Å²) in [6, 6.07) is 8.11. The molecule has 0 unspecified atom stereocenters. The Bertz CT molecular complexity index is 787. The molecule has 2 aromatic rings. The molecule has 0 aliphatic carbocycles. The molecular formula is C16H16F3N3OS. The van der Waals surface area contributed by atoms with Crippen molar-refractivity contribution in [2.24, 2.45) is 0 Å². The normalized spacial score (nSPS) is 15.3. The van der Waals surface area contributed by atoms with E-state index in [1.165, 1.54) is 4.90 Å². The number of hydrogen-bond donors (Lipinski definition) is 1. The van der Waals surface area contributed by atoms with E-state index in [9.17, 15) is 18.0 Å². The number of alkyl halides is 3. The summed E-state index contributed by atoms with van der Waals surface area (Å²) >= 11 is 1.66. The van der Waals surface area contributed by atoms with Gasteiger partial charge in [0.15, 0.2) is 0 Å². The molecule has 0 saturated carbocycles. The van der Waals surface area contributed by atoms with Gasteiger partial charge in [-0.15, -0.1) is 11.8 Å². The van der Waals surface area contributed by atoms with Crippen LogP contribution in [0.25, 0.3) is 0 Å². The molecule has 1 aromatic carbocycles. The highest BCUT2D eigenvalue weighted by molar-refractivity contribution is 7.98. The molecule has 0 amide bonds. The quantitative estimate of drug-likeness (QED) is 0.860. The van der Waals surface area contributed by atoms with E-state index in [4.69, 9.17) is 0 Å². The van der Waals surface area contributed by atoms with Gasteiger partial charge in [0.25, 0.3) is 5.56 Å². The summed E-state index contributed by atoms with van der Waals surface area (Å²) in [6.07, 6.45) is -2.29. The SMILES string of the molecule is CSc1ccc(CN2CCc3nc(C(F)(F)F)[nH]c(=O)c3C2)cc1. The van der Waals surface area contributed by atoms with E-state index in [-0.39, 0.29) is 5.69 Å². The van der Waals surface area contributed by atoms with Crippen LogP contribution in [0.5, 0.6) is 0 Å². The zero-order valence-corrected chi connectivity index (χ0v) is 13.8. The Morgan fingerprint density at radius 2 is 2.00 bits per heavy atom. The first-order valence-corrected chi connectivity index (χ1v) is 8.64. The Morgan fingerprint density at radius 3 is 2.62 bits per heavy atom. The first kappa shape index (κ1) is 17.0. The summed E-state index contributed by atoms with van der Waals surface area (Å²) in [5.74, 6) is -1.22. The van der Waals surface area contributed by atoms with Gasteiger partial charge in [-0.1, -0.05) is 12.1 Å². The number of H-pyrrole nitrogens is 1. The highest BCUT2D eigenvalue weighted by Gasteiger charge is 2.35. The monoisotopic (exact) mass is 355 g/mol. The smallest absolute Gasteiger partial charge is 0.303 e. The van der Waals surface area contributed by atoms with E-state index >= 15 is 0 Å². The van der Waals surface area contributed by atoms with E-state index < -0.39 is 17.6 Å². The molecule has 4 nitrogen and oxygen atoms in total. The third-order valence-corrected chi connectivity index (χ3v) is 4.73. The zero-order valence-electron chi connectivity index (χ0n) is 13.0. The van der Waals surface area contributed by atoms with E-state index in [2.05, 4.69) is 4.98 Å². The van der Waals surface area contributed by atoms with Crippen LogP contribution >= 0.6 is 11.8 Å². The number of fused-ring (bicyclic) bond motifs is 1. The lowest BCUT2D eigenvalue weighted by atomic mass is 10.1. The van der Waals surface area contributed by atoms with Gasteiger partial charge in [0.2, 0.25) is 5.82 Å². The van der Waals surface area contributed by atoms with Crippen molar-refractivity contribution in [3.8, 4) is 0 Å². The number of aromatic nitrogens is 2. The molecule has 0 spiro atoms. The Morgan fingerprint density at radius 1 is 1.29 bits per heavy atom. The molecular weight excluding hydrogens is 339 g/mol. The second-order valence-electron chi connectivity index (χ2n) is 5.65. The van der Waals surface area contributed by atoms with Crippen LogP contribution in [0, 0.1) is 0 Å². The molecule has 0 radical (unpaired) electrons. The first-order valence-electron chi connectivity index (χ1n) is 7.41. The topological polar surface area (TPSA) is 49.0 Å². The minimum atomic E-state index is -4.63. The third kappa shape index (κ3) is 3.64. The fourth-order valence-electron chi connectivity index (χ4n) is 2.74. The predicted molar refractivity (Wildman–Crippen MR) is 85.9 cm³/mol. The second kappa shape index (κ2) is 6.60. The van der Waals surface area contributed by atoms with Crippen molar-refractivity contribution < 1.29 is 13.2 Å². The van der Waals surface area contributed by atoms with Crippen LogP contribution in [0.2, 0.25) is 0 Å². The zero-order chi connectivity index (χ0) is 17.3. The van der Waals surface area contributed by atoms with Crippen molar-refractivity contribution in [3.05, 3.63) is 57.3 Å². The number of nitrogens with one attached hydrogen (secondary N) is 1. The van der Waals surface area contributed by atoms with E-state index in [1.54, 1.807) is 11.8 Å². The number of nitrogens with zero attached hydrogens (tertiary/aromatic N) is 2. The maximum atomic E-state index is 12.7. The highest BCUT2D eigenvalue weighted by atomic mass is 32.2. The standard InChI is InChI=1S/C16H16F3N3OS/c1-24-11-4-2-10(3-5-11)8-22-7-6-13-12(9-22)14(23)21-15(20-13)16(17,18)19/h2-5H,6-9H2,1H3,(H,20,21,23). The van der Waals surface area contributed by atoms with Crippen LogP contribution in [-0.4, -0.2) is 27.7 Å². The second-order valence-corrected chi connectivity index (χ2v) is 6.53.